The second-order valence-corrected chi connectivity index (χ2v) is 10.3. The van der Waals surface area contributed by atoms with Gasteiger partial charge in [0, 0.05) is 6.16 Å². The third kappa shape index (κ3) is 7.74. The Balaban J connectivity index is 2.93. The second kappa shape index (κ2) is 11.0. The number of hydrogen-bond acceptors (Lipinski definition) is 7. The molecule has 0 spiro atoms. The molecule has 0 aliphatic carbocycles. The minimum absolute atomic E-state index is 0.0216. The fraction of sp³-hybridized carbons (Fsp3) is 0.611. The Bertz CT molecular complexity index is 743. The lowest BCUT2D eigenvalue weighted by Gasteiger charge is -2.22. The number of benzene rings is 1. The summed E-state index contributed by atoms with van der Waals surface area (Å²) >= 11 is 0. The monoisotopic (exact) mass is 420 g/mol. The van der Waals surface area contributed by atoms with Crippen LogP contribution < -0.4 is 0 Å². The van der Waals surface area contributed by atoms with Crippen LogP contribution >= 0.6 is 7.37 Å². The van der Waals surface area contributed by atoms with E-state index in [1.165, 1.54) is 12.1 Å². The van der Waals surface area contributed by atoms with Gasteiger partial charge in [-0.15, -0.1) is 0 Å². The first-order valence-corrected chi connectivity index (χ1v) is 12.4. The lowest BCUT2D eigenvalue weighted by molar-refractivity contribution is -0.147. The highest BCUT2D eigenvalue weighted by molar-refractivity contribution is 7.87. The molecule has 1 rings (SSSR count). The molecule has 2 atom stereocenters. The van der Waals surface area contributed by atoms with Gasteiger partial charge in [0.15, 0.2) is 0 Å². The zero-order valence-corrected chi connectivity index (χ0v) is 18.1. The molecule has 0 saturated carbocycles. The SMILES string of the molecule is CCCC(CP(=O)(COS(=O)(=O)c1ccc(C)cc1)OCC)C(=O)OCC. The standard InChI is InChI=1S/C18H29O7PS/c1-5-8-16(18(19)23-6-2)13-26(20,24-7-3)14-25-27(21,22)17-11-9-15(4)10-12-17/h9-12,16H,5-8,13-14H2,1-4H3. The van der Waals surface area contributed by atoms with Crippen LogP contribution in [0.4, 0.5) is 0 Å². The maximum absolute atomic E-state index is 13.1. The van der Waals surface area contributed by atoms with Gasteiger partial charge in [0.25, 0.3) is 10.1 Å². The molecule has 9 heteroatoms. The van der Waals surface area contributed by atoms with Crippen LogP contribution in [0.15, 0.2) is 29.2 Å². The van der Waals surface area contributed by atoms with E-state index in [4.69, 9.17) is 13.4 Å². The maximum atomic E-state index is 13.1. The van der Waals surface area contributed by atoms with Crippen LogP contribution in [0.5, 0.6) is 0 Å². The van der Waals surface area contributed by atoms with Gasteiger partial charge in [0.05, 0.1) is 24.0 Å². The summed E-state index contributed by atoms with van der Waals surface area (Å²) in [6.07, 6.45) is 0.437. The Morgan fingerprint density at radius 2 is 1.74 bits per heavy atom. The number of hydrogen-bond donors (Lipinski definition) is 0. The van der Waals surface area contributed by atoms with Crippen LogP contribution in [0.2, 0.25) is 0 Å². The van der Waals surface area contributed by atoms with Crippen molar-refractivity contribution in [3.05, 3.63) is 29.8 Å². The number of carbonyl (C=O) groups excluding carboxylic acids is 1. The molecule has 0 fully saturated rings. The van der Waals surface area contributed by atoms with Crippen molar-refractivity contribution in [2.24, 2.45) is 5.92 Å². The van der Waals surface area contributed by atoms with E-state index in [1.807, 2.05) is 13.8 Å². The largest absolute Gasteiger partial charge is 0.466 e. The number of aryl methyl sites for hydroxylation is 1. The highest BCUT2D eigenvalue weighted by atomic mass is 32.2. The molecular weight excluding hydrogens is 391 g/mol. The van der Waals surface area contributed by atoms with E-state index in [2.05, 4.69) is 0 Å². The Morgan fingerprint density at radius 3 is 2.26 bits per heavy atom. The first-order valence-electron chi connectivity index (χ1n) is 9.02. The molecule has 0 aromatic heterocycles. The number of carbonyl (C=O) groups is 1. The second-order valence-electron chi connectivity index (χ2n) is 6.17. The van der Waals surface area contributed by atoms with Crippen LogP contribution in [0.25, 0.3) is 0 Å². The summed E-state index contributed by atoms with van der Waals surface area (Å²) in [6.45, 7) is 7.42. The number of rotatable bonds is 12. The molecule has 0 radical (unpaired) electrons. The number of esters is 1. The summed E-state index contributed by atoms with van der Waals surface area (Å²) in [5.41, 5.74) is 0.908. The topological polar surface area (TPSA) is 96.0 Å². The van der Waals surface area contributed by atoms with Gasteiger partial charge in [-0.2, -0.15) is 8.42 Å². The Kier molecular flexibility index (Phi) is 9.67. The van der Waals surface area contributed by atoms with Crippen LogP contribution in [-0.2, 0) is 32.9 Å². The molecular formula is C18H29O7PS. The highest BCUT2D eigenvalue weighted by Gasteiger charge is 2.34. The summed E-state index contributed by atoms with van der Waals surface area (Å²) in [5, 5.41) is 0. The molecule has 0 saturated heterocycles. The van der Waals surface area contributed by atoms with Crippen LogP contribution in [-0.4, -0.2) is 40.1 Å². The number of ether oxygens (including phenoxy) is 1. The van der Waals surface area contributed by atoms with Gasteiger partial charge < -0.3 is 9.26 Å². The zero-order valence-electron chi connectivity index (χ0n) is 16.3. The van der Waals surface area contributed by atoms with E-state index < -0.39 is 35.7 Å². The molecule has 154 valence electrons. The minimum Gasteiger partial charge on any atom is -0.466 e. The molecule has 0 aliphatic rings. The molecule has 27 heavy (non-hydrogen) atoms. The van der Waals surface area contributed by atoms with Crippen molar-refractivity contribution in [3.8, 4) is 0 Å². The third-order valence-electron chi connectivity index (χ3n) is 3.83. The van der Waals surface area contributed by atoms with Crippen LogP contribution in [0, 0.1) is 12.8 Å². The van der Waals surface area contributed by atoms with E-state index in [-0.39, 0.29) is 24.3 Å². The van der Waals surface area contributed by atoms with Crippen molar-refractivity contribution in [2.75, 3.05) is 25.7 Å². The first-order chi connectivity index (χ1) is 12.7. The lowest BCUT2D eigenvalue weighted by atomic mass is 10.1. The Morgan fingerprint density at radius 1 is 1.11 bits per heavy atom. The average Bonchev–Trinajstić information content (AvgIpc) is 2.61. The fourth-order valence-corrected chi connectivity index (χ4v) is 6.09. The smallest absolute Gasteiger partial charge is 0.309 e. The molecule has 1 aromatic carbocycles. The van der Waals surface area contributed by atoms with Crippen molar-refractivity contribution in [3.63, 3.8) is 0 Å². The van der Waals surface area contributed by atoms with Crippen molar-refractivity contribution >= 4 is 23.5 Å². The lowest BCUT2D eigenvalue weighted by Crippen LogP contribution is -2.23. The van der Waals surface area contributed by atoms with E-state index in [0.717, 1.165) is 5.56 Å². The van der Waals surface area contributed by atoms with E-state index in [9.17, 15) is 17.8 Å². The molecule has 0 N–H and O–H groups in total. The van der Waals surface area contributed by atoms with Crippen molar-refractivity contribution in [1.29, 1.82) is 0 Å². The molecule has 0 heterocycles. The molecule has 2 unspecified atom stereocenters. The van der Waals surface area contributed by atoms with Gasteiger partial charge in [0.1, 0.15) is 6.35 Å². The van der Waals surface area contributed by atoms with Crippen LogP contribution in [0.3, 0.4) is 0 Å². The highest BCUT2D eigenvalue weighted by Crippen LogP contribution is 2.49. The molecule has 0 amide bonds. The minimum atomic E-state index is -4.08. The summed E-state index contributed by atoms with van der Waals surface area (Å²) in [6, 6.07) is 6.15. The molecule has 7 nitrogen and oxygen atoms in total. The third-order valence-corrected chi connectivity index (χ3v) is 7.53. The van der Waals surface area contributed by atoms with Crippen molar-refractivity contribution < 1.29 is 31.2 Å². The predicted octanol–water partition coefficient (Wildman–Crippen LogP) is 3.95. The summed E-state index contributed by atoms with van der Waals surface area (Å²) in [4.78, 5) is 12.1. The van der Waals surface area contributed by atoms with E-state index in [1.54, 1.807) is 26.0 Å². The summed E-state index contributed by atoms with van der Waals surface area (Å²) in [7, 11) is -7.59. The van der Waals surface area contributed by atoms with Gasteiger partial charge in [-0.3, -0.25) is 13.5 Å². The summed E-state index contributed by atoms with van der Waals surface area (Å²) < 4.78 is 53.2. The fourth-order valence-electron chi connectivity index (χ4n) is 2.53. The predicted molar refractivity (Wildman–Crippen MR) is 103 cm³/mol. The van der Waals surface area contributed by atoms with Gasteiger partial charge in [-0.1, -0.05) is 31.0 Å². The van der Waals surface area contributed by atoms with Crippen molar-refractivity contribution in [2.45, 2.75) is 45.4 Å². The quantitative estimate of drug-likeness (QED) is 0.287. The van der Waals surface area contributed by atoms with Gasteiger partial charge in [0.2, 0.25) is 7.37 Å². The first kappa shape index (κ1) is 23.8. The summed E-state index contributed by atoms with van der Waals surface area (Å²) in [5.74, 6) is -1.08. The van der Waals surface area contributed by atoms with Gasteiger partial charge >= 0.3 is 5.97 Å². The maximum Gasteiger partial charge on any atom is 0.309 e. The average molecular weight is 420 g/mol. The normalized spacial score (nSPS) is 15.1. The zero-order chi connectivity index (χ0) is 20.5. The molecule has 1 aromatic rings. The Labute approximate surface area is 162 Å². The Hall–Kier alpha value is -1.21. The van der Waals surface area contributed by atoms with E-state index in [0.29, 0.717) is 12.8 Å². The molecule has 0 aliphatic heterocycles. The van der Waals surface area contributed by atoms with Gasteiger partial charge in [-0.25, -0.2) is 0 Å². The van der Waals surface area contributed by atoms with Crippen molar-refractivity contribution in [1.82, 2.24) is 0 Å². The van der Waals surface area contributed by atoms with Crippen LogP contribution in [0.1, 0.15) is 39.2 Å². The molecule has 0 bridgehead atoms. The van der Waals surface area contributed by atoms with E-state index >= 15 is 0 Å². The van der Waals surface area contributed by atoms with Gasteiger partial charge in [-0.05, 0) is 39.3 Å².